The number of hydrogen-bond acceptors (Lipinski definition) is 5. The molecular weight excluding hydrogens is 308 g/mol. The van der Waals surface area contributed by atoms with E-state index in [-0.39, 0.29) is 6.04 Å². The van der Waals surface area contributed by atoms with Crippen molar-refractivity contribution in [2.75, 3.05) is 0 Å². The molecule has 0 amide bonds. The van der Waals surface area contributed by atoms with Crippen molar-refractivity contribution >= 4 is 29.7 Å². The molecule has 0 saturated heterocycles. The van der Waals surface area contributed by atoms with Crippen LogP contribution in [0.4, 0.5) is 0 Å². The van der Waals surface area contributed by atoms with Gasteiger partial charge in [0, 0.05) is 17.3 Å². The van der Waals surface area contributed by atoms with Gasteiger partial charge in [0.05, 0.1) is 11.3 Å². The number of hydrazine groups is 2. The summed E-state index contributed by atoms with van der Waals surface area (Å²) in [6.07, 6.45) is 1.84. The maximum absolute atomic E-state index is 6.03. The van der Waals surface area contributed by atoms with E-state index < -0.39 is 0 Å². The Morgan fingerprint density at radius 1 is 1.33 bits per heavy atom. The third-order valence-electron chi connectivity index (χ3n) is 3.16. The molecule has 0 atom stereocenters. The molecule has 1 aromatic heterocycles. The first kappa shape index (κ1) is 14.1. The number of halogens is 1. The fraction of sp³-hybridized carbons (Fsp3) is 0.231. The van der Waals surface area contributed by atoms with Gasteiger partial charge in [0.15, 0.2) is 5.84 Å². The minimum Gasteiger partial charge on any atom is -0.299 e. The number of hydrogen-bond donors (Lipinski definition) is 3. The molecule has 0 fully saturated rings. The minimum atomic E-state index is 0.239. The lowest BCUT2D eigenvalue weighted by Crippen LogP contribution is -2.45. The van der Waals surface area contributed by atoms with Gasteiger partial charge in [0.1, 0.15) is 4.64 Å². The van der Waals surface area contributed by atoms with E-state index in [1.165, 1.54) is 0 Å². The summed E-state index contributed by atoms with van der Waals surface area (Å²) >= 11 is 11.6. The highest BCUT2D eigenvalue weighted by Gasteiger charge is 2.24. The molecule has 21 heavy (non-hydrogen) atoms. The molecule has 0 radical (unpaired) electrons. The monoisotopic (exact) mass is 322 g/mol. The summed E-state index contributed by atoms with van der Waals surface area (Å²) in [7, 11) is 0. The first-order valence-electron chi connectivity index (χ1n) is 6.52. The van der Waals surface area contributed by atoms with Gasteiger partial charge in [-0.05, 0) is 32.0 Å². The number of benzene rings is 1. The molecule has 6 nitrogen and oxygen atoms in total. The molecule has 3 N–H and O–H groups in total. The third-order valence-corrected chi connectivity index (χ3v) is 3.79. The Balaban J connectivity index is 2.03. The molecule has 0 spiro atoms. The lowest BCUT2D eigenvalue weighted by Gasteiger charge is -2.22. The molecule has 1 aliphatic rings. The average molecular weight is 323 g/mol. The highest BCUT2D eigenvalue weighted by Crippen LogP contribution is 2.18. The molecule has 0 aliphatic carbocycles. The summed E-state index contributed by atoms with van der Waals surface area (Å²) in [5, 5.41) is 9.97. The summed E-state index contributed by atoms with van der Waals surface area (Å²) in [5.74, 6) is 0.757. The highest BCUT2D eigenvalue weighted by atomic mass is 35.5. The molecule has 110 valence electrons. The molecule has 3 rings (SSSR count). The highest BCUT2D eigenvalue weighted by molar-refractivity contribution is 7.71. The number of aromatic nitrogens is 2. The SMILES string of the molecule is CC(C)N1NNN=C1c1c[nH]n(-c2cccc(Cl)c2)c1=S. The van der Waals surface area contributed by atoms with Gasteiger partial charge >= 0.3 is 0 Å². The van der Waals surface area contributed by atoms with Crippen LogP contribution in [-0.2, 0) is 0 Å². The Hall–Kier alpha value is -1.83. The predicted molar refractivity (Wildman–Crippen MR) is 85.7 cm³/mol. The van der Waals surface area contributed by atoms with Crippen LogP contribution in [0.1, 0.15) is 19.4 Å². The molecule has 2 heterocycles. The lowest BCUT2D eigenvalue weighted by atomic mass is 10.2. The second-order valence-electron chi connectivity index (χ2n) is 4.93. The Labute approximate surface area is 132 Å². The van der Waals surface area contributed by atoms with Crippen LogP contribution in [0.3, 0.4) is 0 Å². The number of aromatic amines is 1. The lowest BCUT2D eigenvalue weighted by molar-refractivity contribution is 0.246. The van der Waals surface area contributed by atoms with E-state index in [1.807, 2.05) is 35.5 Å². The van der Waals surface area contributed by atoms with E-state index in [9.17, 15) is 0 Å². The van der Waals surface area contributed by atoms with Gasteiger partial charge in [0.25, 0.3) is 0 Å². The normalized spacial score (nSPS) is 14.5. The Bertz CT molecular complexity index is 747. The molecule has 1 aromatic carbocycles. The Morgan fingerprint density at radius 3 is 2.86 bits per heavy atom. The zero-order chi connectivity index (χ0) is 15.0. The fourth-order valence-corrected chi connectivity index (χ4v) is 2.63. The van der Waals surface area contributed by atoms with Gasteiger partial charge < -0.3 is 0 Å². The van der Waals surface area contributed by atoms with E-state index >= 15 is 0 Å². The largest absolute Gasteiger partial charge is 0.299 e. The topological polar surface area (TPSA) is 60.4 Å². The van der Waals surface area contributed by atoms with Crippen LogP contribution in [0.25, 0.3) is 5.69 Å². The van der Waals surface area contributed by atoms with Crippen molar-refractivity contribution in [3.05, 3.63) is 45.7 Å². The molecular formula is C13H15ClN6S. The van der Waals surface area contributed by atoms with Crippen LogP contribution in [0, 0.1) is 4.64 Å². The third kappa shape index (κ3) is 2.55. The summed E-state index contributed by atoms with van der Waals surface area (Å²) in [4.78, 5) is 0. The number of hydrazone groups is 1. The molecule has 0 bridgehead atoms. The van der Waals surface area contributed by atoms with Gasteiger partial charge in [-0.2, -0.15) is 0 Å². The van der Waals surface area contributed by atoms with Gasteiger partial charge in [-0.3, -0.25) is 10.1 Å². The molecule has 0 unspecified atom stereocenters. The van der Waals surface area contributed by atoms with Crippen molar-refractivity contribution in [3.8, 4) is 5.69 Å². The van der Waals surface area contributed by atoms with Crippen LogP contribution in [0.15, 0.2) is 35.6 Å². The number of amidine groups is 1. The first-order chi connectivity index (χ1) is 10.1. The number of rotatable bonds is 3. The van der Waals surface area contributed by atoms with Crippen molar-refractivity contribution in [1.82, 2.24) is 25.9 Å². The van der Waals surface area contributed by atoms with Gasteiger partial charge in [-0.1, -0.05) is 29.9 Å². The van der Waals surface area contributed by atoms with E-state index in [4.69, 9.17) is 23.8 Å². The molecule has 8 heteroatoms. The van der Waals surface area contributed by atoms with E-state index in [0.717, 1.165) is 17.1 Å². The molecule has 1 aliphatic heterocycles. The van der Waals surface area contributed by atoms with Crippen molar-refractivity contribution in [3.63, 3.8) is 0 Å². The summed E-state index contributed by atoms with van der Waals surface area (Å²) < 4.78 is 2.45. The average Bonchev–Trinajstić information content (AvgIpc) is 3.04. The smallest absolute Gasteiger partial charge is 0.177 e. The van der Waals surface area contributed by atoms with Gasteiger partial charge in [-0.15, -0.1) is 10.6 Å². The number of H-pyrrole nitrogens is 1. The number of nitrogens with zero attached hydrogens (tertiary/aromatic N) is 3. The zero-order valence-electron chi connectivity index (χ0n) is 11.6. The quantitative estimate of drug-likeness (QED) is 0.760. The fourth-order valence-electron chi connectivity index (χ4n) is 2.14. The van der Waals surface area contributed by atoms with Crippen LogP contribution in [0.2, 0.25) is 5.02 Å². The second-order valence-corrected chi connectivity index (χ2v) is 5.75. The standard InChI is InChI=1S/C13H15ClN6S/c1-8(2)19-12(16-17-18-19)11-7-15-20(13(11)21)10-5-3-4-9(14)6-10/h3-8,15,17-18H,1-2H3. The van der Waals surface area contributed by atoms with Crippen molar-refractivity contribution < 1.29 is 0 Å². The van der Waals surface area contributed by atoms with E-state index in [1.54, 1.807) is 4.68 Å². The maximum Gasteiger partial charge on any atom is 0.177 e. The predicted octanol–water partition coefficient (Wildman–Crippen LogP) is 2.58. The zero-order valence-corrected chi connectivity index (χ0v) is 13.2. The Morgan fingerprint density at radius 2 is 2.14 bits per heavy atom. The van der Waals surface area contributed by atoms with Crippen LogP contribution >= 0.6 is 23.8 Å². The first-order valence-corrected chi connectivity index (χ1v) is 7.31. The van der Waals surface area contributed by atoms with Crippen LogP contribution in [0.5, 0.6) is 0 Å². The van der Waals surface area contributed by atoms with E-state index in [2.05, 4.69) is 35.1 Å². The minimum absolute atomic E-state index is 0.239. The maximum atomic E-state index is 6.03. The number of nitrogens with one attached hydrogen (secondary N) is 3. The van der Waals surface area contributed by atoms with Gasteiger partial charge in [0.2, 0.25) is 0 Å². The van der Waals surface area contributed by atoms with Crippen LogP contribution in [-0.4, -0.2) is 26.7 Å². The van der Waals surface area contributed by atoms with Crippen molar-refractivity contribution in [2.45, 2.75) is 19.9 Å². The summed E-state index contributed by atoms with van der Waals surface area (Å²) in [5.41, 5.74) is 7.47. The molecule has 0 saturated carbocycles. The Kier molecular flexibility index (Phi) is 3.71. The summed E-state index contributed by atoms with van der Waals surface area (Å²) in [6.45, 7) is 4.13. The molecule has 2 aromatic rings. The summed E-state index contributed by atoms with van der Waals surface area (Å²) in [6, 6.07) is 7.74. The van der Waals surface area contributed by atoms with Crippen molar-refractivity contribution in [1.29, 1.82) is 0 Å². The second kappa shape index (κ2) is 5.51. The van der Waals surface area contributed by atoms with Crippen molar-refractivity contribution in [2.24, 2.45) is 5.10 Å². The van der Waals surface area contributed by atoms with Gasteiger partial charge in [-0.25, -0.2) is 10.2 Å². The van der Waals surface area contributed by atoms with E-state index in [0.29, 0.717) is 9.66 Å². The van der Waals surface area contributed by atoms with Crippen LogP contribution < -0.4 is 11.1 Å².